The fraction of sp³-hybridized carbons (Fsp3) is 0.294. The van der Waals surface area contributed by atoms with E-state index in [1.165, 1.54) is 6.07 Å². The molecule has 0 bridgehead atoms. The molecule has 0 aliphatic heterocycles. The van der Waals surface area contributed by atoms with Gasteiger partial charge in [0.15, 0.2) is 0 Å². The summed E-state index contributed by atoms with van der Waals surface area (Å²) in [6, 6.07) is 11.5. The summed E-state index contributed by atoms with van der Waals surface area (Å²) in [6.07, 6.45) is 0.0717. The minimum absolute atomic E-state index is 0.0581. The Labute approximate surface area is 124 Å². The van der Waals surface area contributed by atoms with E-state index in [4.69, 9.17) is 4.74 Å². The number of aromatic hydroxyl groups is 1. The first-order valence-corrected chi connectivity index (χ1v) is 6.98. The summed E-state index contributed by atoms with van der Waals surface area (Å²) in [7, 11) is 0. The van der Waals surface area contributed by atoms with Gasteiger partial charge in [-0.2, -0.15) is 0 Å². The molecule has 0 amide bonds. The Morgan fingerprint density at radius 2 is 1.81 bits per heavy atom. The van der Waals surface area contributed by atoms with Crippen LogP contribution in [0.4, 0.5) is 10.1 Å². The Kier molecular flexibility index (Phi) is 4.68. The first kappa shape index (κ1) is 15.2. The Hall–Kier alpha value is -2.23. The lowest BCUT2D eigenvalue weighted by molar-refractivity contribution is 0.243. The van der Waals surface area contributed by atoms with Crippen LogP contribution in [0.15, 0.2) is 42.5 Å². The second kappa shape index (κ2) is 6.48. The topological polar surface area (TPSA) is 41.5 Å². The van der Waals surface area contributed by atoms with E-state index in [0.29, 0.717) is 5.56 Å². The van der Waals surface area contributed by atoms with Crippen molar-refractivity contribution in [3.63, 3.8) is 0 Å². The maximum absolute atomic E-state index is 13.0. The number of nitrogens with one attached hydrogen (secondary N) is 1. The molecule has 2 rings (SSSR count). The molecule has 4 heteroatoms. The van der Waals surface area contributed by atoms with Crippen LogP contribution in [-0.2, 0) is 0 Å². The zero-order chi connectivity index (χ0) is 15.4. The first-order valence-electron chi connectivity index (χ1n) is 6.98. The first-order chi connectivity index (χ1) is 9.97. The maximum Gasteiger partial charge on any atom is 0.142 e. The van der Waals surface area contributed by atoms with E-state index in [1.807, 2.05) is 45.0 Å². The van der Waals surface area contributed by atoms with E-state index in [2.05, 4.69) is 5.32 Å². The van der Waals surface area contributed by atoms with Gasteiger partial charge in [0.05, 0.1) is 17.8 Å². The van der Waals surface area contributed by atoms with Crippen LogP contribution in [0.5, 0.6) is 11.5 Å². The van der Waals surface area contributed by atoms with Crippen LogP contribution < -0.4 is 10.1 Å². The number of hydrogen-bond acceptors (Lipinski definition) is 3. The molecule has 0 spiro atoms. The normalized spacial score (nSPS) is 12.2. The van der Waals surface area contributed by atoms with E-state index < -0.39 is 5.82 Å². The summed E-state index contributed by atoms with van der Waals surface area (Å²) in [5, 5.41) is 13.1. The highest BCUT2D eigenvalue weighted by molar-refractivity contribution is 5.58. The third kappa shape index (κ3) is 3.88. The largest absolute Gasteiger partial charge is 0.507 e. The molecule has 0 heterocycles. The van der Waals surface area contributed by atoms with Gasteiger partial charge in [0.2, 0.25) is 0 Å². The van der Waals surface area contributed by atoms with Gasteiger partial charge in [-0.15, -0.1) is 0 Å². The number of rotatable bonds is 5. The molecule has 0 aliphatic rings. The molecule has 0 saturated heterocycles. The van der Waals surface area contributed by atoms with Crippen molar-refractivity contribution in [1.82, 2.24) is 0 Å². The number of ether oxygens (including phenoxy) is 1. The molecule has 1 unspecified atom stereocenters. The number of halogens is 1. The van der Waals surface area contributed by atoms with Gasteiger partial charge in [0, 0.05) is 11.6 Å². The monoisotopic (exact) mass is 289 g/mol. The molecule has 0 fully saturated rings. The molecule has 0 saturated carbocycles. The smallest absolute Gasteiger partial charge is 0.142 e. The molecule has 1 atom stereocenters. The van der Waals surface area contributed by atoms with Crippen molar-refractivity contribution >= 4 is 5.69 Å². The minimum atomic E-state index is -0.452. The summed E-state index contributed by atoms with van der Waals surface area (Å²) in [5.74, 6) is 0.241. The van der Waals surface area contributed by atoms with E-state index in [9.17, 15) is 9.50 Å². The summed E-state index contributed by atoms with van der Waals surface area (Å²) >= 11 is 0. The molecule has 0 radical (unpaired) electrons. The van der Waals surface area contributed by atoms with Crippen molar-refractivity contribution in [2.75, 3.05) is 5.32 Å². The second-order valence-corrected chi connectivity index (χ2v) is 5.23. The van der Waals surface area contributed by atoms with Gasteiger partial charge in [0.25, 0.3) is 0 Å². The van der Waals surface area contributed by atoms with Crippen LogP contribution >= 0.6 is 0 Å². The molecule has 0 aromatic heterocycles. The van der Waals surface area contributed by atoms with Crippen LogP contribution in [0.25, 0.3) is 0 Å². The number of hydrogen-bond donors (Lipinski definition) is 2. The van der Waals surface area contributed by atoms with E-state index in [0.717, 1.165) is 17.5 Å². The van der Waals surface area contributed by atoms with E-state index in [1.54, 1.807) is 6.07 Å². The highest BCUT2D eigenvalue weighted by Gasteiger charge is 2.13. The van der Waals surface area contributed by atoms with Gasteiger partial charge in [-0.3, -0.25) is 0 Å². The molecule has 21 heavy (non-hydrogen) atoms. The Morgan fingerprint density at radius 3 is 2.48 bits per heavy atom. The highest BCUT2D eigenvalue weighted by atomic mass is 19.1. The van der Waals surface area contributed by atoms with Gasteiger partial charge in [-0.05, 0) is 39.0 Å². The maximum atomic E-state index is 13.0. The van der Waals surface area contributed by atoms with Crippen molar-refractivity contribution in [3.8, 4) is 11.5 Å². The summed E-state index contributed by atoms with van der Waals surface area (Å²) in [4.78, 5) is 0. The molecular formula is C17H20FNO2. The van der Waals surface area contributed by atoms with Crippen molar-refractivity contribution in [3.05, 3.63) is 53.8 Å². The number of benzene rings is 2. The van der Waals surface area contributed by atoms with Crippen LogP contribution in [0.2, 0.25) is 0 Å². The number of para-hydroxylation sites is 2. The third-order valence-corrected chi connectivity index (χ3v) is 3.08. The Morgan fingerprint density at radius 1 is 1.10 bits per heavy atom. The average molecular weight is 289 g/mol. The fourth-order valence-electron chi connectivity index (χ4n) is 2.14. The average Bonchev–Trinajstić information content (AvgIpc) is 2.40. The van der Waals surface area contributed by atoms with Crippen molar-refractivity contribution < 1.29 is 14.2 Å². The SMILES string of the molecule is CC(C)Oc1ccccc1NC(C)c1ccc(F)cc1O. The molecule has 2 aromatic carbocycles. The second-order valence-electron chi connectivity index (χ2n) is 5.23. The van der Waals surface area contributed by atoms with Gasteiger partial charge in [-0.25, -0.2) is 4.39 Å². The van der Waals surface area contributed by atoms with Crippen molar-refractivity contribution in [2.24, 2.45) is 0 Å². The molecule has 0 aliphatic carbocycles. The number of phenolic OH excluding ortho intramolecular Hbond substituents is 1. The lowest BCUT2D eigenvalue weighted by Gasteiger charge is -2.20. The van der Waals surface area contributed by atoms with E-state index in [-0.39, 0.29) is 17.9 Å². The molecule has 3 nitrogen and oxygen atoms in total. The Bertz CT molecular complexity index is 613. The van der Waals surface area contributed by atoms with Gasteiger partial charge in [-0.1, -0.05) is 18.2 Å². The number of anilines is 1. The van der Waals surface area contributed by atoms with Gasteiger partial charge in [0.1, 0.15) is 17.3 Å². The van der Waals surface area contributed by atoms with Crippen LogP contribution in [0, 0.1) is 5.82 Å². The third-order valence-electron chi connectivity index (χ3n) is 3.08. The highest BCUT2D eigenvalue weighted by Crippen LogP contribution is 2.32. The van der Waals surface area contributed by atoms with Gasteiger partial charge >= 0.3 is 0 Å². The molecule has 112 valence electrons. The van der Waals surface area contributed by atoms with E-state index >= 15 is 0 Å². The van der Waals surface area contributed by atoms with Crippen LogP contribution in [-0.4, -0.2) is 11.2 Å². The summed E-state index contributed by atoms with van der Waals surface area (Å²) in [6.45, 7) is 5.83. The predicted octanol–water partition coefficient (Wildman–Crippen LogP) is 4.49. The fourth-order valence-corrected chi connectivity index (χ4v) is 2.14. The Balaban J connectivity index is 2.21. The quantitative estimate of drug-likeness (QED) is 0.852. The lowest BCUT2D eigenvalue weighted by Crippen LogP contribution is -2.11. The van der Waals surface area contributed by atoms with Gasteiger partial charge < -0.3 is 15.2 Å². The summed E-state index contributed by atoms with van der Waals surface area (Å²) < 4.78 is 18.8. The molecular weight excluding hydrogens is 269 g/mol. The lowest BCUT2D eigenvalue weighted by atomic mass is 10.1. The van der Waals surface area contributed by atoms with Crippen LogP contribution in [0.1, 0.15) is 32.4 Å². The molecule has 2 aromatic rings. The summed E-state index contributed by atoms with van der Waals surface area (Å²) in [5.41, 5.74) is 1.47. The van der Waals surface area contributed by atoms with Crippen molar-refractivity contribution in [2.45, 2.75) is 32.9 Å². The minimum Gasteiger partial charge on any atom is -0.507 e. The van der Waals surface area contributed by atoms with Crippen LogP contribution in [0.3, 0.4) is 0 Å². The zero-order valence-corrected chi connectivity index (χ0v) is 12.4. The predicted molar refractivity (Wildman–Crippen MR) is 82.3 cm³/mol. The zero-order valence-electron chi connectivity index (χ0n) is 12.4. The molecule has 2 N–H and O–H groups in total. The standard InChI is InChI=1S/C17H20FNO2/c1-11(2)21-17-7-5-4-6-15(17)19-12(3)14-9-8-13(18)10-16(14)20/h4-12,19-20H,1-3H3. The van der Waals surface area contributed by atoms with Crippen molar-refractivity contribution in [1.29, 1.82) is 0 Å². The number of phenols is 1.